The van der Waals surface area contributed by atoms with Crippen molar-refractivity contribution in [1.82, 2.24) is 40.1 Å². The SMILES string of the molecule is Cc1cccc(-c2nc3nc(-c4nn[nH]n4)nc(N[C@H](C)C4CC4)c3n2Cc2ccc(C(F)(F)F)cc2)c1. The third kappa shape index (κ3) is 4.69. The summed E-state index contributed by atoms with van der Waals surface area (Å²) in [6, 6.07) is 13.2. The minimum absolute atomic E-state index is 0.156. The van der Waals surface area contributed by atoms with Crippen LogP contribution in [0.3, 0.4) is 0 Å². The van der Waals surface area contributed by atoms with Crippen LogP contribution in [0.2, 0.25) is 0 Å². The number of fused-ring (bicyclic) bond motifs is 1. The van der Waals surface area contributed by atoms with Crippen molar-refractivity contribution in [1.29, 1.82) is 0 Å². The van der Waals surface area contributed by atoms with Gasteiger partial charge in [0.1, 0.15) is 11.3 Å². The van der Waals surface area contributed by atoms with Crippen molar-refractivity contribution >= 4 is 17.0 Å². The number of aromatic amines is 1. The highest BCUT2D eigenvalue weighted by atomic mass is 19.4. The van der Waals surface area contributed by atoms with Gasteiger partial charge in [-0.25, -0.2) is 15.0 Å². The van der Waals surface area contributed by atoms with E-state index < -0.39 is 11.7 Å². The Kier molecular flexibility index (Phi) is 5.81. The smallest absolute Gasteiger partial charge is 0.365 e. The number of tetrazole rings is 1. The predicted octanol–water partition coefficient (Wildman–Crippen LogP) is 5.26. The van der Waals surface area contributed by atoms with Crippen LogP contribution in [0.4, 0.5) is 19.0 Å². The molecule has 3 heterocycles. The Bertz CT molecular complexity index is 1590. The number of rotatable bonds is 7. The molecule has 194 valence electrons. The molecule has 0 saturated heterocycles. The van der Waals surface area contributed by atoms with Gasteiger partial charge < -0.3 is 9.88 Å². The minimum atomic E-state index is -4.40. The zero-order valence-electron chi connectivity index (χ0n) is 20.7. The molecular weight excluding hydrogens is 495 g/mol. The van der Waals surface area contributed by atoms with E-state index in [2.05, 4.69) is 37.8 Å². The molecule has 12 heteroatoms. The maximum absolute atomic E-state index is 13.2. The fourth-order valence-corrected chi connectivity index (χ4v) is 4.56. The largest absolute Gasteiger partial charge is 0.416 e. The zero-order valence-corrected chi connectivity index (χ0v) is 20.7. The normalized spacial score (nSPS) is 14.7. The Morgan fingerprint density at radius 1 is 1.05 bits per heavy atom. The first-order chi connectivity index (χ1) is 18.3. The summed E-state index contributed by atoms with van der Waals surface area (Å²) in [6.07, 6.45) is -2.12. The second-order valence-corrected chi connectivity index (χ2v) is 9.66. The molecular formula is C26H24F3N9. The molecule has 5 aromatic rings. The van der Waals surface area contributed by atoms with E-state index in [-0.39, 0.29) is 24.2 Å². The van der Waals surface area contributed by atoms with E-state index >= 15 is 0 Å². The molecule has 0 radical (unpaired) electrons. The van der Waals surface area contributed by atoms with Crippen molar-refractivity contribution in [3.8, 4) is 23.0 Å². The lowest BCUT2D eigenvalue weighted by Crippen LogP contribution is -2.19. The van der Waals surface area contributed by atoms with E-state index in [1.807, 2.05) is 35.8 Å². The molecule has 2 N–H and O–H groups in total. The van der Waals surface area contributed by atoms with Crippen molar-refractivity contribution < 1.29 is 13.2 Å². The Morgan fingerprint density at radius 2 is 1.84 bits per heavy atom. The van der Waals surface area contributed by atoms with Gasteiger partial charge in [-0.05, 0) is 61.6 Å². The van der Waals surface area contributed by atoms with Crippen molar-refractivity contribution in [3.63, 3.8) is 0 Å². The Hall–Kier alpha value is -4.35. The van der Waals surface area contributed by atoms with E-state index in [9.17, 15) is 13.2 Å². The van der Waals surface area contributed by atoms with Crippen LogP contribution < -0.4 is 5.32 Å². The topological polar surface area (TPSA) is 110 Å². The molecule has 9 nitrogen and oxygen atoms in total. The van der Waals surface area contributed by atoms with Crippen LogP contribution in [0.15, 0.2) is 48.5 Å². The van der Waals surface area contributed by atoms with Crippen LogP contribution in [-0.4, -0.2) is 46.2 Å². The fourth-order valence-electron chi connectivity index (χ4n) is 4.56. The molecule has 3 aromatic heterocycles. The standard InChI is InChI=1S/C26H24F3N9/c1-14-4-3-5-18(12-14)25-33-22-20(38(25)13-16-6-10-19(11-7-16)26(27,28)29)21(30-15(2)17-8-9-17)31-23(32-22)24-34-36-37-35-24/h3-7,10-12,15,17H,8-9,13H2,1-2H3,(H,30,31,32)(H,34,35,36,37)/t15-/m1/s1. The van der Waals surface area contributed by atoms with Crippen LogP contribution in [-0.2, 0) is 12.7 Å². The second-order valence-electron chi connectivity index (χ2n) is 9.66. The summed E-state index contributed by atoms with van der Waals surface area (Å²) < 4.78 is 41.5. The summed E-state index contributed by atoms with van der Waals surface area (Å²) >= 11 is 0. The number of aromatic nitrogens is 8. The third-order valence-corrected chi connectivity index (χ3v) is 6.74. The van der Waals surface area contributed by atoms with Crippen molar-refractivity contribution in [2.24, 2.45) is 5.92 Å². The number of alkyl halides is 3. The van der Waals surface area contributed by atoms with E-state index in [1.165, 1.54) is 12.1 Å². The van der Waals surface area contributed by atoms with Crippen LogP contribution in [0.1, 0.15) is 36.5 Å². The molecule has 1 aliphatic carbocycles. The maximum atomic E-state index is 13.2. The average Bonchev–Trinajstić information content (AvgIpc) is 3.47. The molecule has 1 saturated carbocycles. The summed E-state index contributed by atoms with van der Waals surface area (Å²) in [6.45, 7) is 4.37. The second kappa shape index (κ2) is 9.19. The van der Waals surface area contributed by atoms with Gasteiger partial charge in [0.25, 0.3) is 0 Å². The zero-order chi connectivity index (χ0) is 26.4. The highest BCUT2D eigenvalue weighted by molar-refractivity contribution is 5.88. The summed E-state index contributed by atoms with van der Waals surface area (Å²) in [5.41, 5.74) is 2.99. The van der Waals surface area contributed by atoms with E-state index in [1.54, 1.807) is 0 Å². The molecule has 2 aromatic carbocycles. The predicted molar refractivity (Wildman–Crippen MR) is 135 cm³/mol. The monoisotopic (exact) mass is 519 g/mol. The molecule has 1 atom stereocenters. The van der Waals surface area contributed by atoms with E-state index in [4.69, 9.17) is 9.97 Å². The summed E-state index contributed by atoms with van der Waals surface area (Å²) in [7, 11) is 0. The first kappa shape index (κ1) is 24.0. The number of nitrogens with one attached hydrogen (secondary N) is 2. The van der Waals surface area contributed by atoms with Gasteiger partial charge in [-0.2, -0.15) is 18.4 Å². The lowest BCUT2D eigenvalue weighted by atomic mass is 10.1. The number of H-pyrrole nitrogens is 1. The molecule has 0 aliphatic heterocycles. The summed E-state index contributed by atoms with van der Waals surface area (Å²) in [4.78, 5) is 14.3. The van der Waals surface area contributed by atoms with Gasteiger partial charge in [0.2, 0.25) is 11.6 Å². The van der Waals surface area contributed by atoms with Crippen molar-refractivity contribution in [2.75, 3.05) is 5.32 Å². The quantitative estimate of drug-likeness (QED) is 0.302. The molecule has 0 spiro atoms. The molecule has 0 bridgehead atoms. The number of halogens is 3. The third-order valence-electron chi connectivity index (χ3n) is 6.74. The fraction of sp³-hybridized carbons (Fsp3) is 0.308. The summed E-state index contributed by atoms with van der Waals surface area (Å²) in [5, 5.41) is 17.6. The first-order valence-electron chi connectivity index (χ1n) is 12.3. The number of aryl methyl sites for hydroxylation is 1. The molecule has 0 amide bonds. The van der Waals surface area contributed by atoms with Gasteiger partial charge in [0, 0.05) is 18.2 Å². The van der Waals surface area contributed by atoms with Gasteiger partial charge >= 0.3 is 6.18 Å². The summed E-state index contributed by atoms with van der Waals surface area (Å²) in [5.74, 6) is 2.24. The molecule has 1 fully saturated rings. The lowest BCUT2D eigenvalue weighted by Gasteiger charge is -2.17. The van der Waals surface area contributed by atoms with Gasteiger partial charge in [-0.1, -0.05) is 35.9 Å². The van der Waals surface area contributed by atoms with Crippen LogP contribution >= 0.6 is 0 Å². The minimum Gasteiger partial charge on any atom is -0.365 e. The molecule has 6 rings (SSSR count). The van der Waals surface area contributed by atoms with Gasteiger partial charge in [-0.15, -0.1) is 10.2 Å². The number of hydrogen-bond acceptors (Lipinski definition) is 7. The van der Waals surface area contributed by atoms with Crippen LogP contribution in [0.25, 0.3) is 34.2 Å². The Labute approximate surface area is 215 Å². The molecule has 38 heavy (non-hydrogen) atoms. The Morgan fingerprint density at radius 3 is 2.50 bits per heavy atom. The molecule has 1 aliphatic rings. The maximum Gasteiger partial charge on any atom is 0.416 e. The van der Waals surface area contributed by atoms with Gasteiger partial charge in [0.05, 0.1) is 5.56 Å². The van der Waals surface area contributed by atoms with Gasteiger partial charge in [-0.3, -0.25) is 0 Å². The first-order valence-corrected chi connectivity index (χ1v) is 12.3. The average molecular weight is 520 g/mol. The van der Waals surface area contributed by atoms with E-state index in [0.29, 0.717) is 34.3 Å². The molecule has 0 unspecified atom stereocenters. The van der Waals surface area contributed by atoms with Crippen LogP contribution in [0, 0.1) is 12.8 Å². The highest BCUT2D eigenvalue weighted by Gasteiger charge is 2.31. The number of hydrogen-bond donors (Lipinski definition) is 2. The van der Waals surface area contributed by atoms with Crippen LogP contribution in [0.5, 0.6) is 0 Å². The highest BCUT2D eigenvalue weighted by Crippen LogP contribution is 2.36. The number of nitrogens with zero attached hydrogens (tertiary/aromatic N) is 7. The van der Waals surface area contributed by atoms with Crippen molar-refractivity contribution in [3.05, 3.63) is 65.2 Å². The number of imidazole rings is 1. The van der Waals surface area contributed by atoms with Gasteiger partial charge in [0.15, 0.2) is 11.5 Å². The van der Waals surface area contributed by atoms with E-state index in [0.717, 1.165) is 36.1 Å². The Balaban J connectivity index is 1.54. The number of benzene rings is 2. The number of anilines is 1. The lowest BCUT2D eigenvalue weighted by molar-refractivity contribution is -0.137. The van der Waals surface area contributed by atoms with Crippen molar-refractivity contribution in [2.45, 2.75) is 45.5 Å².